The predicted octanol–water partition coefficient (Wildman–Crippen LogP) is 3.88. The molecule has 1 fully saturated rings. The molecule has 138 valence electrons. The Morgan fingerprint density at radius 2 is 1.73 bits per heavy atom. The van der Waals surface area contributed by atoms with Crippen molar-refractivity contribution in [3.05, 3.63) is 53.6 Å². The van der Waals surface area contributed by atoms with Gasteiger partial charge in [0.05, 0.1) is 32.1 Å². The van der Waals surface area contributed by atoms with Crippen LogP contribution in [0, 0.1) is 0 Å². The number of nitrogens with zero attached hydrogens (tertiary/aromatic N) is 1. The van der Waals surface area contributed by atoms with E-state index in [2.05, 4.69) is 0 Å². The Balaban J connectivity index is 1.88. The summed E-state index contributed by atoms with van der Waals surface area (Å²) in [5, 5.41) is -0.139. The molecule has 6 heteroatoms. The topological polar surface area (TPSA) is 48.0 Å². The number of hydrogen-bond acceptors (Lipinski definition) is 5. The fraction of sp³-hybridized carbons (Fsp3) is 0.350. The van der Waals surface area contributed by atoms with E-state index in [1.807, 2.05) is 54.3 Å². The molecule has 1 aliphatic rings. The third-order valence-corrected chi connectivity index (χ3v) is 5.49. The van der Waals surface area contributed by atoms with Crippen LogP contribution in [0.5, 0.6) is 17.2 Å². The van der Waals surface area contributed by atoms with Crippen LogP contribution in [-0.4, -0.2) is 37.4 Å². The molecular weight excluding hydrogens is 350 g/mol. The lowest BCUT2D eigenvalue weighted by atomic mass is 10.1. The maximum Gasteiger partial charge on any atom is 0.234 e. The van der Waals surface area contributed by atoms with Gasteiger partial charge in [0.15, 0.2) is 0 Å². The normalized spacial score (nSPS) is 16.7. The molecule has 0 aliphatic carbocycles. The van der Waals surface area contributed by atoms with Crippen LogP contribution in [0.3, 0.4) is 0 Å². The third-order valence-electron chi connectivity index (χ3n) is 4.27. The van der Waals surface area contributed by atoms with E-state index in [1.165, 1.54) is 0 Å². The molecule has 5 nitrogen and oxygen atoms in total. The van der Waals surface area contributed by atoms with E-state index in [0.29, 0.717) is 18.9 Å². The first-order valence-corrected chi connectivity index (χ1v) is 9.56. The fourth-order valence-corrected chi connectivity index (χ4v) is 4.28. The quantitative estimate of drug-likeness (QED) is 0.737. The second kappa shape index (κ2) is 8.36. The van der Waals surface area contributed by atoms with Crippen LogP contribution in [0.25, 0.3) is 0 Å². The lowest BCUT2D eigenvalue weighted by Gasteiger charge is -2.27. The van der Waals surface area contributed by atoms with E-state index in [-0.39, 0.29) is 11.3 Å². The van der Waals surface area contributed by atoms with Crippen LogP contribution in [0.1, 0.15) is 23.4 Å². The second-order valence-electron chi connectivity index (χ2n) is 5.84. The third kappa shape index (κ3) is 3.75. The molecule has 0 bridgehead atoms. The Kier molecular flexibility index (Phi) is 5.93. The zero-order valence-electron chi connectivity index (χ0n) is 15.2. The van der Waals surface area contributed by atoms with Gasteiger partial charge in [-0.25, -0.2) is 0 Å². The van der Waals surface area contributed by atoms with Gasteiger partial charge in [0.1, 0.15) is 22.6 Å². The van der Waals surface area contributed by atoms with Gasteiger partial charge in [-0.2, -0.15) is 0 Å². The Hall–Kier alpha value is -2.34. The first-order chi connectivity index (χ1) is 12.7. The molecule has 0 aromatic heterocycles. The summed E-state index contributed by atoms with van der Waals surface area (Å²) in [6.07, 6.45) is 0. The fourth-order valence-electron chi connectivity index (χ4n) is 3.04. The summed E-state index contributed by atoms with van der Waals surface area (Å²) in [7, 11) is 3.27. The smallest absolute Gasteiger partial charge is 0.234 e. The second-order valence-corrected chi connectivity index (χ2v) is 6.91. The number of methoxy groups -OCH3 is 2. The molecule has 0 N–H and O–H groups in total. The van der Waals surface area contributed by atoms with Gasteiger partial charge in [0.2, 0.25) is 5.91 Å². The molecule has 0 spiro atoms. The van der Waals surface area contributed by atoms with Gasteiger partial charge in [-0.1, -0.05) is 18.2 Å². The summed E-state index contributed by atoms with van der Waals surface area (Å²) in [5.74, 6) is 2.85. The van der Waals surface area contributed by atoms with E-state index in [4.69, 9.17) is 14.2 Å². The maximum absolute atomic E-state index is 12.5. The summed E-state index contributed by atoms with van der Waals surface area (Å²) in [6, 6.07) is 13.6. The van der Waals surface area contributed by atoms with Crippen LogP contribution in [-0.2, 0) is 11.3 Å². The predicted molar refractivity (Wildman–Crippen MR) is 103 cm³/mol. The highest BCUT2D eigenvalue weighted by Crippen LogP contribution is 2.47. The van der Waals surface area contributed by atoms with E-state index in [1.54, 1.807) is 26.0 Å². The Labute approximate surface area is 158 Å². The Morgan fingerprint density at radius 1 is 1.08 bits per heavy atom. The van der Waals surface area contributed by atoms with Gasteiger partial charge >= 0.3 is 0 Å². The summed E-state index contributed by atoms with van der Waals surface area (Å²) < 4.78 is 16.5. The molecule has 3 rings (SSSR count). The lowest BCUT2D eigenvalue weighted by molar-refractivity contribution is -0.128. The van der Waals surface area contributed by atoms with E-state index < -0.39 is 0 Å². The first-order valence-electron chi connectivity index (χ1n) is 8.51. The van der Waals surface area contributed by atoms with Crippen molar-refractivity contribution in [2.24, 2.45) is 0 Å². The lowest BCUT2D eigenvalue weighted by Crippen LogP contribution is -2.28. The summed E-state index contributed by atoms with van der Waals surface area (Å²) >= 11 is 1.59. The number of hydrogen-bond donors (Lipinski definition) is 0. The van der Waals surface area contributed by atoms with Crippen LogP contribution >= 0.6 is 11.8 Å². The highest BCUT2D eigenvalue weighted by atomic mass is 32.2. The van der Waals surface area contributed by atoms with Gasteiger partial charge in [-0.15, -0.1) is 11.8 Å². The van der Waals surface area contributed by atoms with Crippen molar-refractivity contribution in [3.8, 4) is 17.2 Å². The zero-order valence-corrected chi connectivity index (χ0v) is 16.0. The SMILES string of the molecule is CCOc1ccc(CN2C(=O)CSC2c2c(OC)cccc2OC)cc1. The van der Waals surface area contributed by atoms with Crippen LogP contribution in [0.4, 0.5) is 0 Å². The average molecular weight is 373 g/mol. The monoisotopic (exact) mass is 373 g/mol. The minimum atomic E-state index is -0.139. The molecule has 0 radical (unpaired) electrons. The van der Waals surface area contributed by atoms with Crippen molar-refractivity contribution in [2.45, 2.75) is 18.8 Å². The largest absolute Gasteiger partial charge is 0.496 e. The molecule has 1 atom stereocenters. The van der Waals surface area contributed by atoms with E-state index >= 15 is 0 Å². The van der Waals surface area contributed by atoms with Crippen LogP contribution in [0.15, 0.2) is 42.5 Å². The van der Waals surface area contributed by atoms with Crippen molar-refractivity contribution in [1.29, 1.82) is 0 Å². The summed E-state index contributed by atoms with van der Waals surface area (Å²) in [4.78, 5) is 14.4. The molecule has 26 heavy (non-hydrogen) atoms. The number of benzene rings is 2. The van der Waals surface area contributed by atoms with E-state index in [0.717, 1.165) is 28.4 Å². The van der Waals surface area contributed by atoms with Crippen molar-refractivity contribution in [1.82, 2.24) is 4.90 Å². The number of carbonyl (C=O) groups is 1. The number of ether oxygens (including phenoxy) is 3. The number of thioether (sulfide) groups is 1. The zero-order chi connectivity index (χ0) is 18.5. The minimum absolute atomic E-state index is 0.113. The van der Waals surface area contributed by atoms with Crippen molar-refractivity contribution >= 4 is 17.7 Å². The highest BCUT2D eigenvalue weighted by molar-refractivity contribution is 8.00. The minimum Gasteiger partial charge on any atom is -0.496 e. The van der Waals surface area contributed by atoms with Crippen LogP contribution in [0.2, 0.25) is 0 Å². The number of amides is 1. The molecule has 2 aromatic rings. The molecular formula is C20H23NO4S. The highest BCUT2D eigenvalue weighted by Gasteiger charge is 2.36. The molecule has 1 unspecified atom stereocenters. The maximum atomic E-state index is 12.5. The Bertz CT molecular complexity index is 741. The summed E-state index contributed by atoms with van der Waals surface area (Å²) in [6.45, 7) is 3.12. The molecule has 1 amide bonds. The van der Waals surface area contributed by atoms with Crippen molar-refractivity contribution in [2.75, 3.05) is 26.6 Å². The molecule has 1 aliphatic heterocycles. The van der Waals surface area contributed by atoms with Gasteiger partial charge in [0.25, 0.3) is 0 Å². The van der Waals surface area contributed by atoms with Crippen LogP contribution < -0.4 is 14.2 Å². The first kappa shape index (κ1) is 18.5. The van der Waals surface area contributed by atoms with E-state index in [9.17, 15) is 4.79 Å². The van der Waals surface area contributed by atoms with Crippen molar-refractivity contribution in [3.63, 3.8) is 0 Å². The molecule has 1 saturated heterocycles. The standard InChI is InChI=1S/C20H23NO4S/c1-4-25-15-10-8-14(9-11-15)12-21-18(22)13-26-20(21)19-16(23-2)6-5-7-17(19)24-3/h5-11,20H,4,12-13H2,1-3H3. The number of carbonyl (C=O) groups excluding carboxylic acids is 1. The van der Waals surface area contributed by atoms with Gasteiger partial charge in [-0.05, 0) is 36.8 Å². The summed E-state index contributed by atoms with van der Waals surface area (Å²) in [5.41, 5.74) is 1.96. The van der Waals surface area contributed by atoms with Gasteiger partial charge in [-0.3, -0.25) is 4.79 Å². The molecule has 0 saturated carbocycles. The van der Waals surface area contributed by atoms with Gasteiger partial charge in [0, 0.05) is 6.54 Å². The van der Waals surface area contributed by atoms with Crippen molar-refractivity contribution < 1.29 is 19.0 Å². The molecule has 1 heterocycles. The Morgan fingerprint density at radius 3 is 2.31 bits per heavy atom. The average Bonchev–Trinajstić information content (AvgIpc) is 3.03. The molecule has 2 aromatic carbocycles. The number of rotatable bonds is 7. The van der Waals surface area contributed by atoms with Gasteiger partial charge < -0.3 is 19.1 Å².